The van der Waals surface area contributed by atoms with E-state index in [0.717, 1.165) is 75.9 Å². The number of nitrogens with one attached hydrogen (secondary N) is 2. The van der Waals surface area contributed by atoms with Crippen molar-refractivity contribution >= 4 is 17.6 Å². The molecule has 1 amide bonds. The molecule has 0 atom stereocenters. The summed E-state index contributed by atoms with van der Waals surface area (Å²) in [4.78, 5) is 22.7. The fourth-order valence-corrected chi connectivity index (χ4v) is 5.95. The second-order valence-corrected chi connectivity index (χ2v) is 12.0. The zero-order valence-corrected chi connectivity index (χ0v) is 24.0. The standard InChI is InChI=1S/C35H33N5O2/c1-34(2,3)42-33(41)39-35(20-10-21-35)25-18-16-23(17-19-25)29-30(24-11-5-4-6-12-24)40-28-15-9-22-36-31(28)37-27-14-8-7-13-26(27)32(40)38-29/h4-9,11-19,22H,10,20-21H2,1-3H3,(H,36,37)(H,39,41). The lowest BCUT2D eigenvalue weighted by Crippen LogP contribution is -2.52. The highest BCUT2D eigenvalue weighted by molar-refractivity contribution is 5.90. The highest BCUT2D eigenvalue weighted by Gasteiger charge is 2.41. The first-order chi connectivity index (χ1) is 20.3. The Labute approximate surface area is 245 Å². The minimum atomic E-state index is -0.548. The van der Waals surface area contributed by atoms with Crippen molar-refractivity contribution in [2.24, 2.45) is 0 Å². The number of carbonyl (C=O) groups excluding carboxylic acids is 1. The van der Waals surface area contributed by atoms with Crippen LogP contribution in [0.2, 0.25) is 0 Å². The highest BCUT2D eigenvalue weighted by atomic mass is 16.6. The maximum absolute atomic E-state index is 12.7. The molecule has 210 valence electrons. The van der Waals surface area contributed by atoms with Gasteiger partial charge in [-0.25, -0.2) is 14.8 Å². The molecule has 0 unspecified atom stereocenters. The summed E-state index contributed by atoms with van der Waals surface area (Å²) in [5.74, 6) is 1.63. The summed E-state index contributed by atoms with van der Waals surface area (Å²) in [6.45, 7) is 5.65. The smallest absolute Gasteiger partial charge is 0.408 e. The molecule has 0 bridgehead atoms. The monoisotopic (exact) mass is 555 g/mol. The molecule has 1 aliphatic carbocycles. The lowest BCUT2D eigenvalue weighted by molar-refractivity contribution is 0.0377. The Kier molecular flexibility index (Phi) is 6.12. The van der Waals surface area contributed by atoms with Crippen molar-refractivity contribution in [3.05, 3.63) is 103 Å². The van der Waals surface area contributed by atoms with Gasteiger partial charge in [0.05, 0.1) is 28.3 Å². The molecule has 1 aliphatic heterocycles. The number of rotatable bonds is 4. The van der Waals surface area contributed by atoms with Crippen LogP contribution in [0.15, 0.2) is 97.2 Å². The number of carbonyl (C=O) groups is 1. The molecule has 1 fully saturated rings. The van der Waals surface area contributed by atoms with Gasteiger partial charge in [0, 0.05) is 22.9 Å². The maximum atomic E-state index is 12.7. The van der Waals surface area contributed by atoms with E-state index in [2.05, 4.69) is 86.9 Å². The van der Waals surface area contributed by atoms with Crippen molar-refractivity contribution in [1.29, 1.82) is 0 Å². The van der Waals surface area contributed by atoms with E-state index in [0.29, 0.717) is 0 Å². The number of amides is 1. The molecule has 42 heavy (non-hydrogen) atoms. The SMILES string of the molecule is CC(C)(C)OC(=O)NC1(c2ccc(-c3nc4n(c3-c3ccccc3)-c3cccnc3Nc3ccccc3-4)cc2)CCC1. The van der Waals surface area contributed by atoms with Crippen LogP contribution in [0, 0.1) is 0 Å². The van der Waals surface area contributed by atoms with Gasteiger partial charge < -0.3 is 15.4 Å². The van der Waals surface area contributed by atoms with Gasteiger partial charge in [-0.05, 0) is 69.9 Å². The van der Waals surface area contributed by atoms with Crippen LogP contribution in [0.1, 0.15) is 45.6 Å². The van der Waals surface area contributed by atoms with Crippen LogP contribution in [0.25, 0.3) is 39.6 Å². The summed E-state index contributed by atoms with van der Waals surface area (Å²) >= 11 is 0. The zero-order chi connectivity index (χ0) is 28.9. The fourth-order valence-electron chi connectivity index (χ4n) is 5.95. The number of para-hydroxylation sites is 1. The Morgan fingerprint density at radius 2 is 1.64 bits per heavy atom. The van der Waals surface area contributed by atoms with E-state index in [4.69, 9.17) is 9.72 Å². The quantitative estimate of drug-likeness (QED) is 0.229. The Morgan fingerprint density at radius 3 is 2.36 bits per heavy atom. The highest BCUT2D eigenvalue weighted by Crippen LogP contribution is 2.45. The normalized spacial score (nSPS) is 14.7. The molecule has 2 aliphatic rings. The molecule has 1 saturated carbocycles. The average molecular weight is 556 g/mol. The number of imidazole rings is 1. The molecular weight excluding hydrogens is 522 g/mol. The molecule has 3 aromatic carbocycles. The third-order valence-corrected chi connectivity index (χ3v) is 8.03. The van der Waals surface area contributed by atoms with Gasteiger partial charge in [-0.15, -0.1) is 0 Å². The number of benzene rings is 3. The summed E-state index contributed by atoms with van der Waals surface area (Å²) in [5, 5.41) is 6.70. The van der Waals surface area contributed by atoms with E-state index < -0.39 is 11.1 Å². The summed E-state index contributed by atoms with van der Waals surface area (Å²) in [7, 11) is 0. The average Bonchev–Trinajstić information content (AvgIpc) is 3.29. The van der Waals surface area contributed by atoms with Gasteiger partial charge in [-0.2, -0.15) is 0 Å². The van der Waals surface area contributed by atoms with Gasteiger partial charge >= 0.3 is 6.09 Å². The number of aromatic nitrogens is 3. The minimum Gasteiger partial charge on any atom is -0.444 e. The predicted octanol–water partition coefficient (Wildman–Crippen LogP) is 8.23. The summed E-state index contributed by atoms with van der Waals surface area (Å²) in [5.41, 5.74) is 6.97. The summed E-state index contributed by atoms with van der Waals surface area (Å²) < 4.78 is 7.81. The van der Waals surface area contributed by atoms with Crippen LogP contribution in [-0.2, 0) is 10.3 Å². The van der Waals surface area contributed by atoms with Crippen molar-refractivity contribution in [1.82, 2.24) is 19.9 Å². The van der Waals surface area contributed by atoms with Crippen LogP contribution in [0.4, 0.5) is 16.3 Å². The van der Waals surface area contributed by atoms with E-state index in [1.807, 2.05) is 45.0 Å². The van der Waals surface area contributed by atoms with Crippen LogP contribution in [-0.4, -0.2) is 26.2 Å². The molecule has 7 nitrogen and oxygen atoms in total. The number of alkyl carbamates (subject to hydrolysis) is 1. The lowest BCUT2D eigenvalue weighted by Gasteiger charge is -2.43. The Balaban J connectivity index is 1.37. The van der Waals surface area contributed by atoms with Crippen molar-refractivity contribution < 1.29 is 9.53 Å². The zero-order valence-electron chi connectivity index (χ0n) is 24.0. The molecule has 0 radical (unpaired) electrons. The lowest BCUT2D eigenvalue weighted by atomic mass is 9.71. The molecule has 2 aromatic heterocycles. The number of anilines is 2. The fraction of sp³-hybridized carbons (Fsp3) is 0.229. The van der Waals surface area contributed by atoms with E-state index in [9.17, 15) is 4.79 Å². The molecule has 7 rings (SSSR count). The van der Waals surface area contributed by atoms with Gasteiger partial charge in [0.15, 0.2) is 5.82 Å². The first kappa shape index (κ1) is 26.0. The number of nitrogens with zero attached hydrogens (tertiary/aromatic N) is 3. The van der Waals surface area contributed by atoms with Crippen LogP contribution in [0.3, 0.4) is 0 Å². The topological polar surface area (TPSA) is 81.1 Å². The van der Waals surface area contributed by atoms with Gasteiger partial charge in [0.25, 0.3) is 0 Å². The van der Waals surface area contributed by atoms with Crippen molar-refractivity contribution in [2.45, 2.75) is 51.2 Å². The molecule has 2 N–H and O–H groups in total. The minimum absolute atomic E-state index is 0.380. The van der Waals surface area contributed by atoms with Gasteiger partial charge in [-0.1, -0.05) is 66.7 Å². The van der Waals surface area contributed by atoms with Crippen molar-refractivity contribution in [3.8, 4) is 39.6 Å². The second kappa shape index (κ2) is 9.87. The Hall–Kier alpha value is -4.91. The van der Waals surface area contributed by atoms with E-state index >= 15 is 0 Å². The van der Waals surface area contributed by atoms with Crippen LogP contribution in [0.5, 0.6) is 0 Å². The van der Waals surface area contributed by atoms with E-state index in [1.54, 1.807) is 6.20 Å². The van der Waals surface area contributed by atoms with Gasteiger partial charge in [-0.3, -0.25) is 4.57 Å². The Bertz CT molecular complexity index is 1780. The van der Waals surface area contributed by atoms with Crippen molar-refractivity contribution in [2.75, 3.05) is 5.32 Å². The second-order valence-electron chi connectivity index (χ2n) is 12.0. The molecule has 0 spiro atoms. The van der Waals surface area contributed by atoms with E-state index in [-0.39, 0.29) is 6.09 Å². The largest absolute Gasteiger partial charge is 0.444 e. The summed E-state index contributed by atoms with van der Waals surface area (Å²) in [6.07, 6.45) is 4.25. The van der Waals surface area contributed by atoms with E-state index in [1.165, 1.54) is 0 Å². The third kappa shape index (κ3) is 4.51. The number of hydrogen-bond donors (Lipinski definition) is 2. The number of pyridine rings is 1. The number of ether oxygens (including phenoxy) is 1. The Morgan fingerprint density at radius 1 is 0.905 bits per heavy atom. The molecular formula is C35H33N5O2. The first-order valence-electron chi connectivity index (χ1n) is 14.4. The molecule has 7 heteroatoms. The molecule has 3 heterocycles. The van der Waals surface area contributed by atoms with Crippen LogP contribution < -0.4 is 10.6 Å². The van der Waals surface area contributed by atoms with Crippen LogP contribution >= 0.6 is 0 Å². The number of fused-ring (bicyclic) bond motifs is 5. The van der Waals surface area contributed by atoms with Gasteiger partial charge in [0.2, 0.25) is 0 Å². The van der Waals surface area contributed by atoms with Crippen molar-refractivity contribution in [3.63, 3.8) is 0 Å². The third-order valence-electron chi connectivity index (χ3n) is 8.03. The molecule has 0 saturated heterocycles. The maximum Gasteiger partial charge on any atom is 0.408 e. The predicted molar refractivity (Wildman–Crippen MR) is 166 cm³/mol. The van der Waals surface area contributed by atoms with Gasteiger partial charge in [0.1, 0.15) is 11.4 Å². The first-order valence-corrected chi connectivity index (χ1v) is 14.4. The molecule has 5 aromatic rings. The summed E-state index contributed by atoms with van der Waals surface area (Å²) in [6, 6.07) is 31.1. The number of hydrogen-bond acceptors (Lipinski definition) is 5.